The third kappa shape index (κ3) is 3.63. The molecule has 3 nitrogen and oxygen atoms in total. The van der Waals surface area contributed by atoms with Crippen molar-refractivity contribution in [2.75, 3.05) is 11.8 Å². The summed E-state index contributed by atoms with van der Waals surface area (Å²) in [6.45, 7) is 0. The highest BCUT2D eigenvalue weighted by molar-refractivity contribution is 7.85. The van der Waals surface area contributed by atoms with Gasteiger partial charge >= 0.3 is 0 Å². The molecule has 1 rings (SSSR count). The molecule has 0 unspecified atom stereocenters. The molecule has 0 fully saturated rings. The molecule has 0 radical (unpaired) electrons. The van der Waals surface area contributed by atoms with Crippen molar-refractivity contribution in [3.63, 3.8) is 0 Å². The van der Waals surface area contributed by atoms with Crippen LogP contribution in [-0.4, -0.2) is 24.7 Å². The highest BCUT2D eigenvalue weighted by atomic mass is 35.5. The minimum atomic E-state index is -4.18. The van der Waals surface area contributed by atoms with Crippen molar-refractivity contribution < 1.29 is 13.0 Å². The molecule has 1 N–H and O–H groups in total. The van der Waals surface area contributed by atoms with E-state index in [0.717, 1.165) is 5.56 Å². The summed E-state index contributed by atoms with van der Waals surface area (Å²) in [6.07, 6.45) is 1.05. The predicted octanol–water partition coefficient (Wildman–Crippen LogP) is 2.50. The van der Waals surface area contributed by atoms with Gasteiger partial charge in [0.1, 0.15) is 0 Å². The molecule has 0 amide bonds. The molecule has 0 bridgehead atoms. The molecule has 6 heteroatoms. The summed E-state index contributed by atoms with van der Waals surface area (Å²) >= 11 is 11.2. The Bertz CT molecular complexity index is 457. The van der Waals surface area contributed by atoms with E-state index in [1.54, 1.807) is 12.1 Å². The first-order chi connectivity index (χ1) is 7.49. The van der Waals surface area contributed by atoms with Crippen LogP contribution in [0.15, 0.2) is 23.1 Å². The minimum Gasteiger partial charge on any atom is -0.282 e. The van der Waals surface area contributed by atoms with Gasteiger partial charge in [-0.25, -0.2) is 0 Å². The SMILES string of the molecule is O=S(=O)(O)c1ccc(CCCl)cc1CCCl. The van der Waals surface area contributed by atoms with Crippen LogP contribution in [0.25, 0.3) is 0 Å². The number of hydrogen-bond acceptors (Lipinski definition) is 2. The van der Waals surface area contributed by atoms with Gasteiger partial charge in [-0.3, -0.25) is 4.55 Å². The van der Waals surface area contributed by atoms with Crippen LogP contribution in [0.1, 0.15) is 11.1 Å². The van der Waals surface area contributed by atoms with Gasteiger partial charge in [-0.1, -0.05) is 12.1 Å². The van der Waals surface area contributed by atoms with Gasteiger partial charge in [-0.05, 0) is 30.0 Å². The van der Waals surface area contributed by atoms with Crippen molar-refractivity contribution in [1.29, 1.82) is 0 Å². The summed E-state index contributed by atoms with van der Waals surface area (Å²) in [5.74, 6) is 0.762. The first kappa shape index (κ1) is 13.8. The number of aryl methyl sites for hydroxylation is 2. The third-order valence-corrected chi connectivity index (χ3v) is 3.48. The van der Waals surface area contributed by atoms with E-state index in [1.807, 2.05) is 0 Å². The normalized spacial score (nSPS) is 11.7. The molecule has 0 aromatic heterocycles. The Kier molecular flexibility index (Phi) is 5.05. The molecule has 1 aromatic carbocycles. The van der Waals surface area contributed by atoms with E-state index in [-0.39, 0.29) is 4.90 Å². The van der Waals surface area contributed by atoms with Gasteiger partial charge in [0.2, 0.25) is 0 Å². The number of halogens is 2. The molecular formula is C10H12Cl2O3S. The van der Waals surface area contributed by atoms with Crippen LogP contribution < -0.4 is 0 Å². The van der Waals surface area contributed by atoms with Crippen LogP contribution >= 0.6 is 23.2 Å². The summed E-state index contributed by atoms with van der Waals surface area (Å²) in [5, 5.41) is 0. The van der Waals surface area contributed by atoms with E-state index in [1.165, 1.54) is 6.07 Å². The van der Waals surface area contributed by atoms with Gasteiger partial charge in [-0.2, -0.15) is 8.42 Å². The van der Waals surface area contributed by atoms with Gasteiger partial charge in [0.05, 0.1) is 4.90 Å². The van der Waals surface area contributed by atoms with Crippen molar-refractivity contribution in [1.82, 2.24) is 0 Å². The van der Waals surface area contributed by atoms with Gasteiger partial charge in [0.25, 0.3) is 10.1 Å². The van der Waals surface area contributed by atoms with Gasteiger partial charge < -0.3 is 0 Å². The number of benzene rings is 1. The standard InChI is InChI=1S/C10H12Cl2O3S/c11-5-3-8-1-2-10(16(13,14)15)9(7-8)4-6-12/h1-2,7H,3-6H2,(H,13,14,15). The van der Waals surface area contributed by atoms with Crippen LogP contribution in [0.2, 0.25) is 0 Å². The maximum atomic E-state index is 11.1. The molecule has 0 atom stereocenters. The lowest BCUT2D eigenvalue weighted by molar-refractivity contribution is 0.482. The van der Waals surface area contributed by atoms with Gasteiger partial charge in [0, 0.05) is 11.8 Å². The largest absolute Gasteiger partial charge is 0.294 e. The number of rotatable bonds is 5. The minimum absolute atomic E-state index is 0.0773. The maximum absolute atomic E-state index is 11.1. The Balaban J connectivity index is 3.19. The Morgan fingerprint density at radius 2 is 1.75 bits per heavy atom. The predicted molar refractivity (Wildman–Crippen MR) is 65.1 cm³/mol. The topological polar surface area (TPSA) is 54.4 Å². The van der Waals surface area contributed by atoms with Crippen molar-refractivity contribution in [3.8, 4) is 0 Å². The average Bonchev–Trinajstić information content (AvgIpc) is 2.17. The summed E-state index contributed by atoms with van der Waals surface area (Å²) in [6, 6.07) is 4.75. The zero-order valence-corrected chi connectivity index (χ0v) is 10.8. The summed E-state index contributed by atoms with van der Waals surface area (Å²) < 4.78 is 31.2. The van der Waals surface area contributed by atoms with E-state index >= 15 is 0 Å². The first-order valence-corrected chi connectivity index (χ1v) is 7.21. The molecule has 0 aliphatic carbocycles. The molecule has 0 saturated carbocycles. The maximum Gasteiger partial charge on any atom is 0.294 e. The van der Waals surface area contributed by atoms with Gasteiger partial charge in [-0.15, -0.1) is 23.2 Å². The molecule has 0 spiro atoms. The average molecular weight is 283 g/mol. The Labute approximate surface area is 105 Å². The molecule has 0 heterocycles. The molecule has 16 heavy (non-hydrogen) atoms. The Morgan fingerprint density at radius 3 is 2.25 bits per heavy atom. The number of alkyl halides is 2. The van der Waals surface area contributed by atoms with E-state index in [9.17, 15) is 8.42 Å². The Morgan fingerprint density at radius 1 is 1.12 bits per heavy atom. The van der Waals surface area contributed by atoms with Crippen LogP contribution in [0.3, 0.4) is 0 Å². The van der Waals surface area contributed by atoms with Crippen LogP contribution in [0.4, 0.5) is 0 Å². The fourth-order valence-electron chi connectivity index (χ4n) is 1.45. The van der Waals surface area contributed by atoms with Crippen molar-refractivity contribution >= 4 is 33.3 Å². The van der Waals surface area contributed by atoms with E-state index in [4.69, 9.17) is 27.8 Å². The number of hydrogen-bond donors (Lipinski definition) is 1. The highest BCUT2D eigenvalue weighted by Gasteiger charge is 2.15. The fourth-order valence-corrected chi connectivity index (χ4v) is 2.60. The molecular weight excluding hydrogens is 271 g/mol. The lowest BCUT2D eigenvalue weighted by Gasteiger charge is -2.08. The van der Waals surface area contributed by atoms with Crippen LogP contribution in [0.5, 0.6) is 0 Å². The first-order valence-electron chi connectivity index (χ1n) is 4.70. The van der Waals surface area contributed by atoms with Gasteiger partial charge in [0.15, 0.2) is 0 Å². The van der Waals surface area contributed by atoms with Crippen molar-refractivity contribution in [3.05, 3.63) is 29.3 Å². The monoisotopic (exact) mass is 282 g/mol. The molecule has 90 valence electrons. The highest BCUT2D eigenvalue weighted by Crippen LogP contribution is 2.19. The second-order valence-corrected chi connectivity index (χ2v) is 5.44. The second kappa shape index (κ2) is 5.87. The lowest BCUT2D eigenvalue weighted by atomic mass is 10.1. The van der Waals surface area contributed by atoms with Crippen LogP contribution in [-0.2, 0) is 23.0 Å². The van der Waals surface area contributed by atoms with Crippen molar-refractivity contribution in [2.45, 2.75) is 17.7 Å². The summed E-state index contributed by atoms with van der Waals surface area (Å²) in [4.78, 5) is -0.0773. The van der Waals surface area contributed by atoms with Crippen molar-refractivity contribution in [2.24, 2.45) is 0 Å². The molecule has 0 aliphatic rings. The van der Waals surface area contributed by atoms with Crippen LogP contribution in [0, 0.1) is 0 Å². The molecule has 1 aromatic rings. The second-order valence-electron chi connectivity index (χ2n) is 3.30. The molecule has 0 aliphatic heterocycles. The quantitative estimate of drug-likeness (QED) is 0.667. The smallest absolute Gasteiger partial charge is 0.282 e. The fraction of sp³-hybridized carbons (Fsp3) is 0.400. The zero-order valence-electron chi connectivity index (χ0n) is 8.49. The lowest BCUT2D eigenvalue weighted by Crippen LogP contribution is -2.05. The van der Waals surface area contributed by atoms with E-state index in [2.05, 4.69) is 0 Å². The Hall–Kier alpha value is -0.290. The zero-order chi connectivity index (χ0) is 12.2. The van der Waals surface area contributed by atoms with E-state index in [0.29, 0.717) is 30.2 Å². The third-order valence-electron chi connectivity index (χ3n) is 2.15. The summed E-state index contributed by atoms with van der Waals surface area (Å²) in [7, 11) is -4.18. The summed E-state index contributed by atoms with van der Waals surface area (Å²) in [5.41, 5.74) is 1.46. The van der Waals surface area contributed by atoms with E-state index < -0.39 is 10.1 Å². The molecule has 0 saturated heterocycles.